The van der Waals surface area contributed by atoms with Crippen molar-refractivity contribution in [2.24, 2.45) is 5.73 Å². The summed E-state index contributed by atoms with van der Waals surface area (Å²) in [5.74, 6) is 0.710. The van der Waals surface area contributed by atoms with E-state index >= 15 is 0 Å². The summed E-state index contributed by atoms with van der Waals surface area (Å²) < 4.78 is 11.6. The molecule has 1 amide bonds. The van der Waals surface area contributed by atoms with Crippen molar-refractivity contribution in [1.29, 1.82) is 0 Å². The first-order valence-corrected chi connectivity index (χ1v) is 6.48. The molecule has 0 aliphatic carbocycles. The predicted octanol–water partition coefficient (Wildman–Crippen LogP) is 1.96. The molecule has 0 aromatic heterocycles. The number of halogens is 1. The van der Waals surface area contributed by atoms with E-state index in [1.54, 1.807) is 0 Å². The van der Waals surface area contributed by atoms with E-state index in [-0.39, 0.29) is 12.1 Å². The lowest BCUT2D eigenvalue weighted by Crippen LogP contribution is -2.22. The van der Waals surface area contributed by atoms with Crippen molar-refractivity contribution >= 4 is 22.0 Å². The molecule has 1 aliphatic rings. The van der Waals surface area contributed by atoms with Crippen LogP contribution in [0.15, 0.2) is 22.7 Å². The predicted molar refractivity (Wildman–Crippen MR) is 70.5 cm³/mol. The highest BCUT2D eigenvalue weighted by Crippen LogP contribution is 2.27. The van der Waals surface area contributed by atoms with Gasteiger partial charge in [0, 0.05) is 16.1 Å². The summed E-state index contributed by atoms with van der Waals surface area (Å²) in [6, 6.07) is 5.59. The zero-order valence-electron chi connectivity index (χ0n) is 9.98. The molecule has 1 aromatic rings. The minimum atomic E-state index is -0.398. The zero-order valence-corrected chi connectivity index (χ0v) is 11.6. The normalized spacial score (nSPS) is 20.2. The second-order valence-electron chi connectivity index (χ2n) is 4.19. The van der Waals surface area contributed by atoms with E-state index in [1.807, 2.05) is 25.1 Å². The highest BCUT2D eigenvalue weighted by atomic mass is 79.9. The van der Waals surface area contributed by atoms with Crippen molar-refractivity contribution < 1.29 is 14.3 Å². The number of alkyl carbamates (subject to hydrolysis) is 1. The molecule has 18 heavy (non-hydrogen) atoms. The van der Waals surface area contributed by atoms with Gasteiger partial charge in [0.15, 0.2) is 6.10 Å². The summed E-state index contributed by atoms with van der Waals surface area (Å²) in [5.41, 5.74) is 6.80. The van der Waals surface area contributed by atoms with Crippen LogP contribution in [-0.4, -0.2) is 25.3 Å². The van der Waals surface area contributed by atoms with Gasteiger partial charge in [-0.15, -0.1) is 0 Å². The number of amides is 1. The quantitative estimate of drug-likeness (QED) is 0.891. The van der Waals surface area contributed by atoms with E-state index < -0.39 is 6.09 Å². The summed E-state index contributed by atoms with van der Waals surface area (Å²) >= 11 is 3.39. The van der Waals surface area contributed by atoms with Crippen molar-refractivity contribution in [3.63, 3.8) is 0 Å². The van der Waals surface area contributed by atoms with E-state index in [2.05, 4.69) is 21.2 Å². The molecule has 0 bridgehead atoms. The summed E-state index contributed by atoms with van der Waals surface area (Å²) in [6.45, 7) is 2.68. The molecule has 1 aromatic carbocycles. The second kappa shape index (κ2) is 5.58. The smallest absolute Gasteiger partial charge is 0.407 e. The highest BCUT2D eigenvalue weighted by molar-refractivity contribution is 9.10. The fourth-order valence-corrected chi connectivity index (χ4v) is 2.06. The number of carbonyl (C=O) groups excluding carboxylic acids is 1. The molecule has 0 saturated carbocycles. The van der Waals surface area contributed by atoms with Crippen molar-refractivity contribution in [2.75, 3.05) is 13.2 Å². The number of ether oxygens (including phenoxy) is 2. The summed E-state index contributed by atoms with van der Waals surface area (Å²) in [5, 5.41) is 2.58. The van der Waals surface area contributed by atoms with Crippen LogP contribution in [0.25, 0.3) is 0 Å². The summed E-state index contributed by atoms with van der Waals surface area (Å²) in [4.78, 5) is 10.9. The Morgan fingerprint density at radius 1 is 1.67 bits per heavy atom. The van der Waals surface area contributed by atoms with Crippen LogP contribution in [0.5, 0.6) is 5.75 Å². The maximum absolute atomic E-state index is 10.9. The number of nitrogens with two attached hydrogens (primary N) is 1. The van der Waals surface area contributed by atoms with E-state index in [0.29, 0.717) is 18.9 Å². The summed E-state index contributed by atoms with van der Waals surface area (Å²) in [6.07, 6.45) is -0.650. The molecule has 0 radical (unpaired) electrons. The Kier molecular flexibility index (Phi) is 4.08. The monoisotopic (exact) mass is 314 g/mol. The second-order valence-corrected chi connectivity index (χ2v) is 5.11. The van der Waals surface area contributed by atoms with Crippen LogP contribution in [0.1, 0.15) is 18.5 Å². The molecule has 1 heterocycles. The lowest BCUT2D eigenvalue weighted by Gasteiger charge is -2.16. The van der Waals surface area contributed by atoms with Gasteiger partial charge >= 0.3 is 6.09 Å². The fraction of sp³-hybridized carbons (Fsp3) is 0.417. The van der Waals surface area contributed by atoms with Crippen LogP contribution in [0.3, 0.4) is 0 Å². The number of rotatable bonds is 4. The Hall–Kier alpha value is -1.27. The minimum absolute atomic E-state index is 0.114. The highest BCUT2D eigenvalue weighted by Gasteiger charge is 2.23. The molecule has 98 valence electrons. The largest absolute Gasteiger partial charge is 0.489 e. The minimum Gasteiger partial charge on any atom is -0.489 e. The van der Waals surface area contributed by atoms with Crippen molar-refractivity contribution in [2.45, 2.75) is 19.1 Å². The fourth-order valence-electron chi connectivity index (χ4n) is 1.72. The maximum atomic E-state index is 10.9. The third-order valence-electron chi connectivity index (χ3n) is 2.64. The van der Waals surface area contributed by atoms with Crippen molar-refractivity contribution in [3.05, 3.63) is 28.2 Å². The van der Waals surface area contributed by atoms with Gasteiger partial charge in [0.2, 0.25) is 0 Å². The Morgan fingerprint density at radius 3 is 3.06 bits per heavy atom. The van der Waals surface area contributed by atoms with Crippen molar-refractivity contribution in [3.8, 4) is 5.75 Å². The molecule has 1 saturated heterocycles. The topological polar surface area (TPSA) is 73.6 Å². The Bertz CT molecular complexity index is 451. The Labute approximate surface area is 114 Å². The van der Waals surface area contributed by atoms with E-state index in [4.69, 9.17) is 15.2 Å². The van der Waals surface area contributed by atoms with Gasteiger partial charge < -0.3 is 20.5 Å². The summed E-state index contributed by atoms with van der Waals surface area (Å²) in [7, 11) is 0. The van der Waals surface area contributed by atoms with Crippen molar-refractivity contribution in [1.82, 2.24) is 5.32 Å². The molecule has 1 aliphatic heterocycles. The third kappa shape index (κ3) is 3.14. The molecule has 1 fully saturated rings. The number of benzene rings is 1. The SMILES string of the molecule is C[C@H](N)c1ccc(Br)cc1OCC1CNC(=O)O1. The zero-order chi connectivity index (χ0) is 13.1. The molecule has 3 N–H and O–H groups in total. The maximum Gasteiger partial charge on any atom is 0.407 e. The molecule has 0 spiro atoms. The van der Waals surface area contributed by atoms with Gasteiger partial charge in [0.05, 0.1) is 6.54 Å². The third-order valence-corrected chi connectivity index (χ3v) is 3.13. The van der Waals surface area contributed by atoms with Gasteiger partial charge in [-0.05, 0) is 19.1 Å². The molecule has 6 heteroatoms. The standard InChI is InChI=1S/C12H15BrN2O3/c1-7(14)10-3-2-8(13)4-11(10)17-6-9-5-15-12(16)18-9/h2-4,7,9H,5-6,14H2,1H3,(H,15,16)/t7-,9?/m0/s1. The lowest BCUT2D eigenvalue weighted by atomic mass is 10.1. The molecular weight excluding hydrogens is 300 g/mol. The number of hydrogen-bond acceptors (Lipinski definition) is 4. The first-order chi connectivity index (χ1) is 8.56. The van der Waals surface area contributed by atoms with Crippen LogP contribution in [-0.2, 0) is 4.74 Å². The molecule has 1 unspecified atom stereocenters. The average molecular weight is 315 g/mol. The van der Waals surface area contributed by atoms with Gasteiger partial charge in [-0.25, -0.2) is 4.79 Å². The lowest BCUT2D eigenvalue weighted by molar-refractivity contribution is 0.104. The molecule has 2 rings (SSSR count). The average Bonchev–Trinajstić information content (AvgIpc) is 2.72. The van der Waals surface area contributed by atoms with Gasteiger partial charge in [-0.3, -0.25) is 0 Å². The van der Waals surface area contributed by atoms with Crippen LogP contribution in [0.2, 0.25) is 0 Å². The number of nitrogens with one attached hydrogen (secondary N) is 1. The van der Waals surface area contributed by atoms with Gasteiger partial charge in [0.25, 0.3) is 0 Å². The van der Waals surface area contributed by atoms with Gasteiger partial charge in [0.1, 0.15) is 12.4 Å². The van der Waals surface area contributed by atoms with E-state index in [0.717, 1.165) is 10.0 Å². The van der Waals surface area contributed by atoms with E-state index in [1.165, 1.54) is 0 Å². The Morgan fingerprint density at radius 2 is 2.44 bits per heavy atom. The van der Waals surface area contributed by atoms with Crippen LogP contribution in [0.4, 0.5) is 4.79 Å². The number of hydrogen-bond donors (Lipinski definition) is 2. The van der Waals surface area contributed by atoms with Gasteiger partial charge in [-0.1, -0.05) is 22.0 Å². The van der Waals surface area contributed by atoms with Crippen LogP contribution < -0.4 is 15.8 Å². The van der Waals surface area contributed by atoms with Crippen LogP contribution >= 0.6 is 15.9 Å². The number of carbonyl (C=O) groups is 1. The number of cyclic esters (lactones) is 1. The first-order valence-electron chi connectivity index (χ1n) is 5.68. The Balaban J connectivity index is 2.03. The molecular formula is C12H15BrN2O3. The van der Waals surface area contributed by atoms with E-state index in [9.17, 15) is 4.79 Å². The molecule has 2 atom stereocenters. The van der Waals surface area contributed by atoms with Crippen LogP contribution in [0, 0.1) is 0 Å². The first kappa shape index (κ1) is 13.2. The molecule has 5 nitrogen and oxygen atoms in total. The van der Waals surface area contributed by atoms with Gasteiger partial charge in [-0.2, -0.15) is 0 Å².